The second kappa shape index (κ2) is 14.0. The fourth-order valence-corrected chi connectivity index (χ4v) is 5.31. The van der Waals surface area contributed by atoms with E-state index in [4.69, 9.17) is 11.6 Å². The molecule has 2 aromatic carbocycles. The third-order valence-electron chi connectivity index (χ3n) is 6.43. The number of aromatic amines is 1. The van der Waals surface area contributed by atoms with Gasteiger partial charge in [0.1, 0.15) is 11.3 Å². The Balaban J connectivity index is 1.44. The third kappa shape index (κ3) is 9.14. The maximum absolute atomic E-state index is 13.0. The number of nitrogens with zero attached hydrogens (tertiary/aromatic N) is 1. The average Bonchev–Trinajstić information content (AvgIpc) is 3.27. The zero-order valence-corrected chi connectivity index (χ0v) is 23.3. The van der Waals surface area contributed by atoms with E-state index in [-0.39, 0.29) is 28.6 Å². The first-order chi connectivity index (χ1) is 17.7. The number of fused-ring (bicyclic) bond motifs is 1. The fourth-order valence-electron chi connectivity index (χ4n) is 4.29. The summed E-state index contributed by atoms with van der Waals surface area (Å²) in [5.41, 5.74) is 2.40. The molecule has 3 rings (SSSR count). The smallest absolute Gasteiger partial charge is 0.305 e. The first-order valence-electron chi connectivity index (χ1n) is 12.9. The van der Waals surface area contributed by atoms with Crippen molar-refractivity contribution in [1.29, 1.82) is 0 Å². The van der Waals surface area contributed by atoms with Gasteiger partial charge in [0.25, 0.3) is 0 Å². The van der Waals surface area contributed by atoms with Crippen LogP contribution in [-0.2, 0) is 17.6 Å². The zero-order chi connectivity index (χ0) is 26.8. The zero-order valence-electron chi connectivity index (χ0n) is 21.7. The number of aryl methyl sites for hydroxylation is 1. The molecule has 4 N–H and O–H groups in total. The number of aromatic hydroxyl groups is 1. The summed E-state index contributed by atoms with van der Waals surface area (Å²) in [5.74, 6) is 0.190. The number of amides is 1. The van der Waals surface area contributed by atoms with E-state index in [0.29, 0.717) is 31.6 Å². The summed E-state index contributed by atoms with van der Waals surface area (Å²) in [6.07, 6.45) is 4.81. The van der Waals surface area contributed by atoms with Crippen LogP contribution in [0.2, 0.25) is 5.02 Å². The largest absolute Gasteiger partial charge is 0.506 e. The van der Waals surface area contributed by atoms with Crippen molar-refractivity contribution in [3.8, 4) is 5.75 Å². The molecule has 0 aliphatic heterocycles. The molecule has 0 atom stereocenters. The lowest BCUT2D eigenvalue weighted by molar-refractivity contribution is -0.133. The van der Waals surface area contributed by atoms with Gasteiger partial charge in [-0.3, -0.25) is 9.59 Å². The highest BCUT2D eigenvalue weighted by Gasteiger charge is 2.24. The lowest BCUT2D eigenvalue weighted by Gasteiger charge is -2.31. The van der Waals surface area contributed by atoms with E-state index in [1.807, 2.05) is 49.1 Å². The quantitative estimate of drug-likeness (QED) is 0.206. The lowest BCUT2D eigenvalue weighted by atomic mass is 9.93. The Labute approximate surface area is 227 Å². The second-order valence-corrected chi connectivity index (χ2v) is 11.7. The molecule has 9 heteroatoms. The minimum absolute atomic E-state index is 0.0203. The molecule has 0 fully saturated rings. The Morgan fingerprint density at radius 3 is 2.57 bits per heavy atom. The predicted molar refractivity (Wildman–Crippen MR) is 152 cm³/mol. The molecule has 1 heterocycles. The molecule has 0 unspecified atom stereocenters. The molecule has 0 saturated heterocycles. The fraction of sp³-hybridized carbons (Fsp3) is 0.500. The van der Waals surface area contributed by atoms with Crippen molar-refractivity contribution in [3.63, 3.8) is 0 Å². The number of aromatic nitrogens is 1. The van der Waals surface area contributed by atoms with Crippen molar-refractivity contribution in [2.75, 3.05) is 32.8 Å². The van der Waals surface area contributed by atoms with Gasteiger partial charge in [-0.25, -0.2) is 0 Å². The van der Waals surface area contributed by atoms with E-state index in [0.717, 1.165) is 65.3 Å². The van der Waals surface area contributed by atoms with Crippen LogP contribution in [0.15, 0.2) is 41.2 Å². The van der Waals surface area contributed by atoms with Gasteiger partial charge in [-0.05, 0) is 61.6 Å². The Bertz CT molecular complexity index is 1210. The van der Waals surface area contributed by atoms with Gasteiger partial charge < -0.3 is 25.4 Å². The van der Waals surface area contributed by atoms with E-state index in [1.165, 1.54) is 5.56 Å². The second-order valence-electron chi connectivity index (χ2n) is 10.3. The maximum Gasteiger partial charge on any atom is 0.305 e. The monoisotopic (exact) mass is 547 g/mol. The van der Waals surface area contributed by atoms with Gasteiger partial charge in [0.2, 0.25) is 5.91 Å². The Morgan fingerprint density at radius 1 is 1.08 bits per heavy atom. The molecule has 0 radical (unpaired) electrons. The van der Waals surface area contributed by atoms with E-state index in [1.54, 1.807) is 6.07 Å². The summed E-state index contributed by atoms with van der Waals surface area (Å²) < 4.78 is 0.815. The molecule has 7 nitrogen and oxygen atoms in total. The number of phenolic OH excluding ortho intramolecular Hbond substituents is 1. The number of unbranched alkanes of at least 4 members (excludes halogenated alkanes) is 2. The van der Waals surface area contributed by atoms with Crippen molar-refractivity contribution >= 4 is 39.1 Å². The molecular weight excluding hydrogens is 510 g/mol. The first kappa shape index (κ1) is 29.2. The number of thiazole rings is 1. The molecule has 0 aliphatic rings. The third-order valence-corrected chi connectivity index (χ3v) is 7.64. The number of hydrogen-bond acceptors (Lipinski definition) is 6. The van der Waals surface area contributed by atoms with Crippen LogP contribution in [-0.4, -0.2) is 58.8 Å². The molecule has 37 heavy (non-hydrogen) atoms. The summed E-state index contributed by atoms with van der Waals surface area (Å²) in [7, 11) is 0. The summed E-state index contributed by atoms with van der Waals surface area (Å²) in [6, 6.07) is 11.3. The number of halogens is 1. The van der Waals surface area contributed by atoms with E-state index < -0.39 is 0 Å². The van der Waals surface area contributed by atoms with E-state index in [9.17, 15) is 19.8 Å². The SMILES string of the molecule is CC(C)(CO)CN(CCCCCc1ccc(O)c2[nH]c(=O)sc12)C(=O)CCNCCc1ccc(Cl)cc1. The number of aliphatic hydroxyl groups is 1. The van der Waals surface area contributed by atoms with Gasteiger partial charge in [0, 0.05) is 43.1 Å². The highest BCUT2D eigenvalue weighted by Crippen LogP contribution is 2.28. The summed E-state index contributed by atoms with van der Waals surface area (Å²) in [6.45, 7) is 6.52. The van der Waals surface area contributed by atoms with Crippen LogP contribution in [0.3, 0.4) is 0 Å². The molecule has 1 aromatic heterocycles. The number of rotatable bonds is 15. The van der Waals surface area contributed by atoms with Crippen LogP contribution in [0.5, 0.6) is 5.75 Å². The number of phenols is 1. The molecule has 0 saturated carbocycles. The minimum atomic E-state index is -0.360. The highest BCUT2D eigenvalue weighted by molar-refractivity contribution is 7.16. The molecule has 0 aliphatic carbocycles. The normalized spacial score (nSPS) is 11.8. The molecular formula is C28H38ClN3O4S. The van der Waals surface area contributed by atoms with Crippen LogP contribution in [0.4, 0.5) is 0 Å². The molecule has 0 spiro atoms. The summed E-state index contributed by atoms with van der Waals surface area (Å²) in [4.78, 5) is 29.1. The van der Waals surface area contributed by atoms with Crippen molar-refractivity contribution in [3.05, 3.63) is 62.2 Å². The van der Waals surface area contributed by atoms with Crippen molar-refractivity contribution in [2.45, 2.75) is 52.4 Å². The van der Waals surface area contributed by atoms with Crippen LogP contribution in [0.25, 0.3) is 10.2 Å². The van der Waals surface area contributed by atoms with Gasteiger partial charge in [-0.15, -0.1) is 0 Å². The van der Waals surface area contributed by atoms with Gasteiger partial charge in [0.05, 0.1) is 4.70 Å². The van der Waals surface area contributed by atoms with Gasteiger partial charge in [-0.2, -0.15) is 0 Å². The van der Waals surface area contributed by atoms with Crippen LogP contribution in [0, 0.1) is 5.41 Å². The minimum Gasteiger partial charge on any atom is -0.506 e. The van der Waals surface area contributed by atoms with Crippen molar-refractivity contribution < 1.29 is 15.0 Å². The number of benzene rings is 2. The maximum atomic E-state index is 13.0. The number of H-pyrrole nitrogens is 1. The Hall–Kier alpha value is -2.39. The molecule has 3 aromatic rings. The van der Waals surface area contributed by atoms with Gasteiger partial charge in [-0.1, -0.05) is 61.4 Å². The lowest BCUT2D eigenvalue weighted by Crippen LogP contribution is -2.42. The van der Waals surface area contributed by atoms with Gasteiger partial charge >= 0.3 is 4.87 Å². The van der Waals surface area contributed by atoms with E-state index in [2.05, 4.69) is 10.3 Å². The van der Waals surface area contributed by atoms with Crippen molar-refractivity contribution in [2.24, 2.45) is 5.41 Å². The predicted octanol–water partition coefficient (Wildman–Crippen LogP) is 4.73. The van der Waals surface area contributed by atoms with E-state index >= 15 is 0 Å². The summed E-state index contributed by atoms with van der Waals surface area (Å²) in [5, 5.41) is 23.8. The number of aliphatic hydroxyl groups excluding tert-OH is 1. The standard InChI is InChI=1S/C28H38ClN3O4S/c1-28(2,19-33)18-32(24(35)14-16-30-15-13-20-7-10-22(29)11-8-20)17-5-3-4-6-21-9-12-23(34)25-26(21)37-27(36)31-25/h7-12,30,33-34H,3-6,13-19H2,1-2H3,(H,31,36). The number of hydrogen-bond donors (Lipinski definition) is 4. The van der Waals surface area contributed by atoms with Gasteiger partial charge in [0.15, 0.2) is 0 Å². The number of nitrogens with one attached hydrogen (secondary N) is 2. The summed E-state index contributed by atoms with van der Waals surface area (Å²) >= 11 is 7.06. The topological polar surface area (TPSA) is 106 Å². The molecule has 0 bridgehead atoms. The van der Waals surface area contributed by atoms with Crippen LogP contribution < -0.4 is 10.2 Å². The average molecular weight is 548 g/mol. The Morgan fingerprint density at radius 2 is 1.84 bits per heavy atom. The van der Waals surface area contributed by atoms with Crippen molar-refractivity contribution in [1.82, 2.24) is 15.2 Å². The number of carbonyl (C=O) groups is 1. The Kier molecular flexibility index (Phi) is 11.0. The van der Waals surface area contributed by atoms with Crippen LogP contribution >= 0.6 is 22.9 Å². The number of carbonyl (C=O) groups excluding carboxylic acids is 1. The van der Waals surface area contributed by atoms with Crippen LogP contribution in [0.1, 0.15) is 50.7 Å². The first-order valence-corrected chi connectivity index (χ1v) is 14.1. The molecule has 202 valence electrons. The molecule has 1 amide bonds. The highest BCUT2D eigenvalue weighted by atomic mass is 35.5.